The van der Waals surface area contributed by atoms with Crippen LogP contribution in [0.3, 0.4) is 0 Å². The molecule has 4 heteroatoms. The molecule has 1 fully saturated rings. The normalized spacial score (nSPS) is 24.2. The van der Waals surface area contributed by atoms with Crippen LogP contribution in [0.5, 0.6) is 0 Å². The Labute approximate surface area is 80.3 Å². The molecule has 0 bridgehead atoms. The summed E-state index contributed by atoms with van der Waals surface area (Å²) in [6.45, 7) is 2.78. The molecule has 0 saturated carbocycles. The maximum absolute atomic E-state index is 5.56. The lowest BCUT2D eigenvalue weighted by molar-refractivity contribution is 0.0853. The lowest BCUT2D eigenvalue weighted by Gasteiger charge is -2.22. The molecule has 1 atom stereocenters. The summed E-state index contributed by atoms with van der Waals surface area (Å²) in [5.41, 5.74) is 0.303. The Morgan fingerprint density at radius 2 is 2.67 bits per heavy atom. The van der Waals surface area contributed by atoms with Crippen molar-refractivity contribution in [3.05, 3.63) is 17.5 Å². The molecule has 1 unspecified atom stereocenters. The van der Waals surface area contributed by atoms with Gasteiger partial charge in [-0.2, -0.15) is 0 Å². The third-order valence-corrected chi connectivity index (χ3v) is 3.81. The third kappa shape index (κ3) is 2.23. The number of rotatable bonds is 2. The number of morpholine rings is 1. The minimum absolute atomic E-state index is 0.303. The smallest absolute Gasteiger partial charge is 0.120 e. The maximum Gasteiger partial charge on any atom is 0.120 e. The first-order valence-electron chi connectivity index (χ1n) is 3.97. The van der Waals surface area contributed by atoms with Crippen molar-refractivity contribution >= 4 is 23.1 Å². The highest BCUT2D eigenvalue weighted by atomic mass is 32.2. The Morgan fingerprint density at radius 3 is 3.33 bits per heavy atom. The zero-order valence-corrected chi connectivity index (χ0v) is 8.29. The molecule has 1 aliphatic heterocycles. The highest BCUT2D eigenvalue weighted by Crippen LogP contribution is 2.28. The van der Waals surface area contributed by atoms with Gasteiger partial charge in [0.25, 0.3) is 0 Å². The van der Waals surface area contributed by atoms with Crippen molar-refractivity contribution in [3.63, 3.8) is 0 Å². The fourth-order valence-corrected chi connectivity index (χ4v) is 3.02. The summed E-state index contributed by atoms with van der Waals surface area (Å²) < 4.78 is 6.90. The summed E-state index contributed by atoms with van der Waals surface area (Å²) in [4.78, 5) is 0. The minimum atomic E-state index is 0.303. The minimum Gasteiger partial charge on any atom is -0.365 e. The quantitative estimate of drug-likeness (QED) is 0.788. The van der Waals surface area contributed by atoms with E-state index in [0.29, 0.717) is 5.44 Å². The third-order valence-electron chi connectivity index (χ3n) is 1.64. The van der Waals surface area contributed by atoms with Crippen LogP contribution in [0.2, 0.25) is 0 Å². The van der Waals surface area contributed by atoms with Gasteiger partial charge in [0.05, 0.1) is 10.8 Å². The zero-order chi connectivity index (χ0) is 8.23. The summed E-state index contributed by atoms with van der Waals surface area (Å²) in [5.74, 6) is 0. The molecule has 66 valence electrons. The van der Waals surface area contributed by atoms with Crippen LogP contribution in [0.25, 0.3) is 0 Å². The Morgan fingerprint density at radius 1 is 1.67 bits per heavy atom. The Hall–Kier alpha value is -0.0300. The van der Waals surface area contributed by atoms with Crippen molar-refractivity contribution in [3.8, 4) is 0 Å². The second kappa shape index (κ2) is 4.28. The molecule has 1 aromatic rings. The lowest BCUT2D eigenvalue weighted by Crippen LogP contribution is -2.36. The van der Waals surface area contributed by atoms with Crippen LogP contribution in [0.15, 0.2) is 21.7 Å². The molecule has 0 amide bonds. The van der Waals surface area contributed by atoms with Crippen molar-refractivity contribution in [2.24, 2.45) is 0 Å². The summed E-state index contributed by atoms with van der Waals surface area (Å²) in [6.07, 6.45) is 0. The first-order chi connectivity index (χ1) is 5.95. The Balaban J connectivity index is 1.86. The molecule has 1 saturated heterocycles. The van der Waals surface area contributed by atoms with Crippen molar-refractivity contribution in [1.82, 2.24) is 5.32 Å². The van der Waals surface area contributed by atoms with Crippen molar-refractivity contribution < 1.29 is 4.74 Å². The Bertz CT molecular complexity index is 219. The second-order valence-electron chi connectivity index (χ2n) is 2.55. The number of thioether (sulfide) groups is 1. The van der Waals surface area contributed by atoms with Crippen LogP contribution in [0.4, 0.5) is 0 Å². The zero-order valence-electron chi connectivity index (χ0n) is 6.66. The summed E-state index contributed by atoms with van der Waals surface area (Å²) >= 11 is 3.58. The van der Waals surface area contributed by atoms with Gasteiger partial charge >= 0.3 is 0 Å². The first-order valence-corrected chi connectivity index (χ1v) is 5.73. The lowest BCUT2D eigenvalue weighted by atomic mass is 10.5. The fraction of sp³-hybridized carbons (Fsp3) is 0.500. The Kier molecular flexibility index (Phi) is 3.05. The largest absolute Gasteiger partial charge is 0.365 e. The topological polar surface area (TPSA) is 21.3 Å². The van der Waals surface area contributed by atoms with E-state index in [9.17, 15) is 0 Å². The number of nitrogens with one attached hydrogen (secondary N) is 1. The predicted octanol–water partition coefficient (Wildman–Crippen LogP) is 1.79. The van der Waals surface area contributed by atoms with Gasteiger partial charge in [0.1, 0.15) is 5.44 Å². The average Bonchev–Trinajstić information content (AvgIpc) is 2.59. The second-order valence-corrected chi connectivity index (χ2v) is 4.96. The van der Waals surface area contributed by atoms with Crippen molar-refractivity contribution in [1.29, 1.82) is 0 Å². The first kappa shape index (κ1) is 8.56. The molecular weight excluding hydrogens is 190 g/mol. The molecular formula is C8H11NOS2. The van der Waals surface area contributed by atoms with Gasteiger partial charge in [-0.1, -0.05) is 17.8 Å². The molecule has 0 aliphatic carbocycles. The van der Waals surface area contributed by atoms with E-state index in [4.69, 9.17) is 4.74 Å². The molecule has 12 heavy (non-hydrogen) atoms. The highest BCUT2D eigenvalue weighted by Gasteiger charge is 2.14. The summed E-state index contributed by atoms with van der Waals surface area (Å²) in [7, 11) is 0. The van der Waals surface area contributed by atoms with Gasteiger partial charge in [0, 0.05) is 13.1 Å². The predicted molar refractivity (Wildman–Crippen MR) is 52.8 cm³/mol. The number of thiophene rings is 1. The fourth-order valence-electron chi connectivity index (χ4n) is 1.08. The molecule has 2 rings (SSSR count). The molecule has 2 heterocycles. The van der Waals surface area contributed by atoms with Crippen LogP contribution in [-0.4, -0.2) is 25.1 Å². The van der Waals surface area contributed by atoms with Crippen LogP contribution in [0, 0.1) is 0 Å². The van der Waals surface area contributed by atoms with Crippen LogP contribution >= 0.6 is 23.1 Å². The molecule has 2 nitrogen and oxygen atoms in total. The molecule has 1 N–H and O–H groups in total. The average molecular weight is 201 g/mol. The molecule has 0 aromatic carbocycles. The van der Waals surface area contributed by atoms with Gasteiger partial charge in [-0.25, -0.2) is 0 Å². The van der Waals surface area contributed by atoms with Gasteiger partial charge < -0.3 is 10.1 Å². The van der Waals surface area contributed by atoms with Gasteiger partial charge in [0.2, 0.25) is 0 Å². The van der Waals surface area contributed by atoms with E-state index in [0.717, 1.165) is 19.7 Å². The van der Waals surface area contributed by atoms with E-state index in [1.54, 1.807) is 23.1 Å². The van der Waals surface area contributed by atoms with E-state index >= 15 is 0 Å². The van der Waals surface area contributed by atoms with Gasteiger partial charge in [-0.15, -0.1) is 11.3 Å². The number of hydrogen-bond donors (Lipinski definition) is 1. The van der Waals surface area contributed by atoms with Crippen molar-refractivity contribution in [2.45, 2.75) is 9.65 Å². The monoisotopic (exact) mass is 201 g/mol. The maximum atomic E-state index is 5.56. The molecule has 0 spiro atoms. The van der Waals surface area contributed by atoms with Crippen LogP contribution in [-0.2, 0) is 4.74 Å². The van der Waals surface area contributed by atoms with E-state index < -0.39 is 0 Å². The van der Waals surface area contributed by atoms with Gasteiger partial charge in [-0.3, -0.25) is 0 Å². The SMILES string of the molecule is c1csc(SC2CNCCO2)c1. The molecule has 0 radical (unpaired) electrons. The van der Waals surface area contributed by atoms with E-state index in [1.165, 1.54) is 4.21 Å². The van der Waals surface area contributed by atoms with Crippen LogP contribution in [0.1, 0.15) is 0 Å². The summed E-state index contributed by atoms with van der Waals surface area (Å²) in [6, 6.07) is 4.20. The summed E-state index contributed by atoms with van der Waals surface area (Å²) in [5, 5.41) is 5.40. The highest BCUT2D eigenvalue weighted by molar-refractivity contribution is 8.01. The van der Waals surface area contributed by atoms with Crippen molar-refractivity contribution in [2.75, 3.05) is 19.7 Å². The number of hydrogen-bond acceptors (Lipinski definition) is 4. The van der Waals surface area contributed by atoms with Crippen LogP contribution < -0.4 is 5.32 Å². The molecule has 1 aromatic heterocycles. The van der Waals surface area contributed by atoms with E-state index in [1.807, 2.05) is 0 Å². The van der Waals surface area contributed by atoms with E-state index in [-0.39, 0.29) is 0 Å². The van der Waals surface area contributed by atoms with E-state index in [2.05, 4.69) is 22.8 Å². The molecule has 1 aliphatic rings. The van der Waals surface area contributed by atoms with Gasteiger partial charge in [-0.05, 0) is 11.4 Å². The number of ether oxygens (including phenoxy) is 1. The van der Waals surface area contributed by atoms with Gasteiger partial charge in [0.15, 0.2) is 0 Å². The standard InChI is InChI=1S/C8H11NOS2/c1-2-8(11-5-1)12-7-6-9-3-4-10-7/h1-2,5,7,9H,3-4,6H2.